The highest BCUT2D eigenvalue weighted by Gasteiger charge is 2.05. The molecule has 1 aromatic carbocycles. The molecule has 0 atom stereocenters. The van der Waals surface area contributed by atoms with Crippen LogP contribution in [0.3, 0.4) is 0 Å². The molecule has 3 aromatic rings. The zero-order chi connectivity index (χ0) is 16.6. The number of aromatic nitrogens is 2. The van der Waals surface area contributed by atoms with Crippen LogP contribution in [0.5, 0.6) is 5.75 Å². The lowest BCUT2D eigenvalue weighted by Crippen LogP contribution is -1.98. The molecule has 1 N–H and O–H groups in total. The van der Waals surface area contributed by atoms with Crippen molar-refractivity contribution in [2.24, 2.45) is 0 Å². The predicted octanol–water partition coefficient (Wildman–Crippen LogP) is 4.96. The van der Waals surface area contributed by atoms with Crippen molar-refractivity contribution in [1.29, 1.82) is 0 Å². The summed E-state index contributed by atoms with van der Waals surface area (Å²) in [5.74, 6) is 2.64. The Morgan fingerprint density at radius 2 is 2.08 bits per heavy atom. The van der Waals surface area contributed by atoms with Crippen molar-refractivity contribution < 1.29 is 9.15 Å². The number of furan rings is 1. The van der Waals surface area contributed by atoms with Crippen LogP contribution in [0.1, 0.15) is 12.2 Å². The summed E-state index contributed by atoms with van der Waals surface area (Å²) >= 11 is 9.06. The SMILES string of the molecule is Clc1ccc(OCCCSc2nnc(NCc3ccco3)s2)cc1. The van der Waals surface area contributed by atoms with E-state index in [4.69, 9.17) is 20.8 Å². The minimum Gasteiger partial charge on any atom is -0.494 e. The molecule has 2 aromatic heterocycles. The highest BCUT2D eigenvalue weighted by molar-refractivity contribution is 8.01. The molecule has 0 radical (unpaired) electrons. The molecule has 0 amide bonds. The molecule has 0 fully saturated rings. The maximum absolute atomic E-state index is 5.84. The number of nitrogens with zero attached hydrogens (tertiary/aromatic N) is 2. The minimum atomic E-state index is 0.612. The molecular formula is C16H16ClN3O2S2. The molecule has 8 heteroatoms. The fraction of sp³-hybridized carbons (Fsp3) is 0.250. The van der Waals surface area contributed by atoms with E-state index >= 15 is 0 Å². The van der Waals surface area contributed by atoms with Crippen LogP contribution in [-0.4, -0.2) is 22.6 Å². The molecule has 0 bridgehead atoms. The van der Waals surface area contributed by atoms with Crippen molar-refractivity contribution in [2.45, 2.75) is 17.3 Å². The molecule has 3 rings (SSSR count). The Labute approximate surface area is 153 Å². The molecular weight excluding hydrogens is 366 g/mol. The first kappa shape index (κ1) is 17.1. The Balaban J connectivity index is 1.32. The van der Waals surface area contributed by atoms with Gasteiger partial charge in [0.1, 0.15) is 11.5 Å². The third-order valence-corrected chi connectivity index (χ3v) is 5.35. The lowest BCUT2D eigenvalue weighted by Gasteiger charge is -2.05. The number of rotatable bonds is 9. The summed E-state index contributed by atoms with van der Waals surface area (Å²) < 4.78 is 11.9. The van der Waals surface area contributed by atoms with Crippen LogP contribution in [0.25, 0.3) is 0 Å². The van der Waals surface area contributed by atoms with Gasteiger partial charge in [0.15, 0.2) is 4.34 Å². The second-order valence-corrected chi connectivity index (χ2v) is 7.57. The summed E-state index contributed by atoms with van der Waals surface area (Å²) in [4.78, 5) is 0. The Hall–Kier alpha value is -1.70. The number of hydrogen-bond donors (Lipinski definition) is 1. The van der Waals surface area contributed by atoms with E-state index in [0.29, 0.717) is 18.2 Å². The minimum absolute atomic E-state index is 0.612. The molecule has 0 saturated heterocycles. The second-order valence-electron chi connectivity index (χ2n) is 4.81. The average molecular weight is 382 g/mol. The largest absolute Gasteiger partial charge is 0.494 e. The van der Waals surface area contributed by atoms with Crippen molar-refractivity contribution in [3.8, 4) is 5.75 Å². The summed E-state index contributed by atoms with van der Waals surface area (Å²) in [6.07, 6.45) is 2.59. The van der Waals surface area contributed by atoms with E-state index < -0.39 is 0 Å². The van der Waals surface area contributed by atoms with E-state index in [1.165, 1.54) is 0 Å². The Kier molecular flexibility index (Phi) is 6.40. The lowest BCUT2D eigenvalue weighted by atomic mass is 10.3. The van der Waals surface area contributed by atoms with Crippen LogP contribution < -0.4 is 10.1 Å². The van der Waals surface area contributed by atoms with Crippen LogP contribution >= 0.6 is 34.7 Å². The molecule has 0 unspecified atom stereocenters. The van der Waals surface area contributed by atoms with Crippen molar-refractivity contribution in [2.75, 3.05) is 17.7 Å². The topological polar surface area (TPSA) is 60.2 Å². The van der Waals surface area contributed by atoms with Gasteiger partial charge in [-0.3, -0.25) is 0 Å². The van der Waals surface area contributed by atoms with E-state index in [9.17, 15) is 0 Å². The standard InChI is InChI=1S/C16H16ClN3O2S2/c17-12-4-6-13(7-5-12)21-9-2-10-23-16-20-19-15(24-16)18-11-14-3-1-8-22-14/h1,3-8H,2,9-11H2,(H,18,19). The molecule has 5 nitrogen and oxygen atoms in total. The third kappa shape index (κ3) is 5.43. The molecule has 126 valence electrons. The fourth-order valence-electron chi connectivity index (χ4n) is 1.85. The van der Waals surface area contributed by atoms with Gasteiger partial charge in [-0.2, -0.15) is 0 Å². The van der Waals surface area contributed by atoms with Crippen LogP contribution in [-0.2, 0) is 6.54 Å². The van der Waals surface area contributed by atoms with Gasteiger partial charge in [0.2, 0.25) is 5.13 Å². The van der Waals surface area contributed by atoms with E-state index in [1.807, 2.05) is 36.4 Å². The van der Waals surface area contributed by atoms with Crippen molar-refractivity contribution in [1.82, 2.24) is 10.2 Å². The predicted molar refractivity (Wildman–Crippen MR) is 98.2 cm³/mol. The van der Waals surface area contributed by atoms with Crippen LogP contribution in [0.4, 0.5) is 5.13 Å². The van der Waals surface area contributed by atoms with E-state index in [0.717, 1.165) is 33.2 Å². The van der Waals surface area contributed by atoms with Gasteiger partial charge in [-0.05, 0) is 42.8 Å². The van der Waals surface area contributed by atoms with Crippen molar-refractivity contribution in [3.05, 3.63) is 53.4 Å². The van der Waals surface area contributed by atoms with Crippen molar-refractivity contribution >= 4 is 39.8 Å². The highest BCUT2D eigenvalue weighted by atomic mass is 35.5. The first-order valence-electron chi connectivity index (χ1n) is 7.40. The summed E-state index contributed by atoms with van der Waals surface area (Å²) in [5.41, 5.74) is 0. The maximum Gasteiger partial charge on any atom is 0.206 e. The Morgan fingerprint density at radius 3 is 2.88 bits per heavy atom. The van der Waals surface area contributed by atoms with Crippen LogP contribution in [0.2, 0.25) is 5.02 Å². The third-order valence-electron chi connectivity index (χ3n) is 3.00. The zero-order valence-electron chi connectivity index (χ0n) is 12.8. The normalized spacial score (nSPS) is 10.7. The number of hydrogen-bond acceptors (Lipinski definition) is 7. The number of nitrogens with one attached hydrogen (secondary N) is 1. The Morgan fingerprint density at radius 1 is 1.21 bits per heavy atom. The molecule has 24 heavy (non-hydrogen) atoms. The summed E-state index contributed by atoms with van der Waals surface area (Å²) in [5, 5.41) is 13.0. The van der Waals surface area contributed by atoms with E-state index in [-0.39, 0.29) is 0 Å². The first-order valence-corrected chi connectivity index (χ1v) is 9.58. The Bertz CT molecular complexity index is 732. The number of anilines is 1. The molecule has 0 spiro atoms. The van der Waals surface area contributed by atoms with Crippen molar-refractivity contribution in [3.63, 3.8) is 0 Å². The van der Waals surface area contributed by atoms with E-state index in [2.05, 4.69) is 15.5 Å². The van der Waals surface area contributed by atoms with Gasteiger partial charge in [-0.1, -0.05) is 34.7 Å². The van der Waals surface area contributed by atoms with Gasteiger partial charge >= 0.3 is 0 Å². The smallest absolute Gasteiger partial charge is 0.206 e. The number of halogens is 1. The van der Waals surface area contributed by atoms with Gasteiger partial charge < -0.3 is 14.5 Å². The van der Waals surface area contributed by atoms with Gasteiger partial charge in [-0.15, -0.1) is 10.2 Å². The molecule has 0 saturated carbocycles. The van der Waals surface area contributed by atoms with Gasteiger partial charge in [0, 0.05) is 10.8 Å². The summed E-state index contributed by atoms with van der Waals surface area (Å²) in [7, 11) is 0. The molecule has 2 heterocycles. The average Bonchev–Trinajstić information content (AvgIpc) is 3.26. The first-order chi connectivity index (χ1) is 11.8. The number of ether oxygens (including phenoxy) is 1. The van der Waals surface area contributed by atoms with Gasteiger partial charge in [0.25, 0.3) is 0 Å². The highest BCUT2D eigenvalue weighted by Crippen LogP contribution is 2.26. The monoisotopic (exact) mass is 381 g/mol. The van der Waals surface area contributed by atoms with E-state index in [1.54, 1.807) is 29.4 Å². The molecule has 0 aliphatic carbocycles. The van der Waals surface area contributed by atoms with Gasteiger partial charge in [0.05, 0.1) is 19.4 Å². The lowest BCUT2D eigenvalue weighted by molar-refractivity contribution is 0.319. The quantitative estimate of drug-likeness (QED) is 0.417. The van der Waals surface area contributed by atoms with Crippen LogP contribution in [0, 0.1) is 0 Å². The summed E-state index contributed by atoms with van der Waals surface area (Å²) in [6, 6.07) is 11.2. The zero-order valence-corrected chi connectivity index (χ0v) is 15.2. The van der Waals surface area contributed by atoms with Crippen LogP contribution in [0.15, 0.2) is 51.4 Å². The summed E-state index contributed by atoms with van der Waals surface area (Å²) in [6.45, 7) is 1.28. The number of benzene rings is 1. The maximum atomic E-state index is 5.84. The molecule has 0 aliphatic heterocycles. The molecule has 0 aliphatic rings. The van der Waals surface area contributed by atoms with Gasteiger partial charge in [-0.25, -0.2) is 0 Å². The fourth-order valence-corrected chi connectivity index (χ4v) is 3.71. The number of thioether (sulfide) groups is 1. The second kappa shape index (κ2) is 8.96.